The third-order valence-corrected chi connectivity index (χ3v) is 4.83. The summed E-state index contributed by atoms with van der Waals surface area (Å²) >= 11 is 0. The monoisotopic (exact) mass is 379 g/mol. The van der Waals surface area contributed by atoms with Gasteiger partial charge in [-0.3, -0.25) is 0 Å². The van der Waals surface area contributed by atoms with Crippen LogP contribution in [-0.2, 0) is 17.8 Å². The van der Waals surface area contributed by atoms with Crippen LogP contribution in [0.3, 0.4) is 0 Å². The van der Waals surface area contributed by atoms with Crippen LogP contribution < -0.4 is 14.8 Å². The van der Waals surface area contributed by atoms with E-state index in [0.717, 1.165) is 48.2 Å². The Balaban J connectivity index is 1.58. The van der Waals surface area contributed by atoms with Crippen molar-refractivity contribution in [3.63, 3.8) is 0 Å². The molecule has 0 unspecified atom stereocenters. The SMILES string of the molecule is COCCCn1c(-c2ccc3c(c2)OCO3)cnc1NCc1ccc(C)cc1. The zero-order valence-corrected chi connectivity index (χ0v) is 16.3. The molecule has 0 bridgehead atoms. The number of fused-ring (bicyclic) bond motifs is 1. The van der Waals surface area contributed by atoms with Crippen LogP contribution in [-0.4, -0.2) is 30.1 Å². The summed E-state index contributed by atoms with van der Waals surface area (Å²) in [5.41, 5.74) is 4.58. The minimum absolute atomic E-state index is 0.273. The van der Waals surface area contributed by atoms with Gasteiger partial charge in [0.1, 0.15) is 0 Å². The summed E-state index contributed by atoms with van der Waals surface area (Å²) in [6.45, 7) is 4.61. The molecule has 0 atom stereocenters. The number of nitrogens with one attached hydrogen (secondary N) is 1. The van der Waals surface area contributed by atoms with Crippen LogP contribution in [0, 0.1) is 6.92 Å². The second-order valence-electron chi connectivity index (χ2n) is 6.87. The molecule has 0 saturated carbocycles. The lowest BCUT2D eigenvalue weighted by atomic mass is 10.1. The number of ether oxygens (including phenoxy) is 3. The summed E-state index contributed by atoms with van der Waals surface area (Å²) in [6.07, 6.45) is 2.81. The van der Waals surface area contributed by atoms with E-state index in [4.69, 9.17) is 14.2 Å². The molecule has 0 amide bonds. The van der Waals surface area contributed by atoms with Crippen molar-refractivity contribution in [3.05, 3.63) is 59.8 Å². The highest BCUT2D eigenvalue weighted by atomic mass is 16.7. The van der Waals surface area contributed by atoms with Crippen LogP contribution in [0.2, 0.25) is 0 Å². The number of anilines is 1. The highest BCUT2D eigenvalue weighted by Crippen LogP contribution is 2.36. The van der Waals surface area contributed by atoms with Gasteiger partial charge in [0.05, 0.1) is 11.9 Å². The fraction of sp³-hybridized carbons (Fsp3) is 0.318. The third kappa shape index (κ3) is 3.97. The Labute approximate surface area is 165 Å². The average Bonchev–Trinajstić information content (AvgIpc) is 3.34. The highest BCUT2D eigenvalue weighted by Gasteiger charge is 2.17. The van der Waals surface area contributed by atoms with E-state index in [2.05, 4.69) is 46.1 Å². The molecule has 3 aromatic rings. The molecule has 6 heteroatoms. The molecule has 0 saturated heterocycles. The second-order valence-corrected chi connectivity index (χ2v) is 6.87. The molecule has 6 nitrogen and oxygen atoms in total. The molecule has 1 N–H and O–H groups in total. The molecule has 0 spiro atoms. The smallest absolute Gasteiger partial charge is 0.231 e. The van der Waals surface area contributed by atoms with Crippen LogP contribution in [0.4, 0.5) is 5.95 Å². The molecule has 4 rings (SSSR count). The van der Waals surface area contributed by atoms with Gasteiger partial charge in [-0.25, -0.2) is 4.98 Å². The van der Waals surface area contributed by atoms with Gasteiger partial charge >= 0.3 is 0 Å². The number of imidazole rings is 1. The van der Waals surface area contributed by atoms with E-state index in [1.54, 1.807) is 7.11 Å². The van der Waals surface area contributed by atoms with E-state index >= 15 is 0 Å². The number of aromatic nitrogens is 2. The number of aryl methyl sites for hydroxylation is 1. The molecule has 0 fully saturated rings. The first-order chi connectivity index (χ1) is 13.7. The first kappa shape index (κ1) is 18.4. The average molecular weight is 379 g/mol. The molecule has 1 aliphatic rings. The van der Waals surface area contributed by atoms with Gasteiger partial charge in [-0.15, -0.1) is 0 Å². The minimum Gasteiger partial charge on any atom is -0.454 e. The van der Waals surface area contributed by atoms with Crippen molar-refractivity contribution >= 4 is 5.95 Å². The van der Waals surface area contributed by atoms with Crippen LogP contribution in [0.1, 0.15) is 17.5 Å². The number of hydrogen-bond donors (Lipinski definition) is 1. The van der Waals surface area contributed by atoms with Crippen molar-refractivity contribution in [1.29, 1.82) is 0 Å². The Morgan fingerprint density at radius 1 is 1.11 bits per heavy atom. The van der Waals surface area contributed by atoms with Gasteiger partial charge in [0.15, 0.2) is 11.5 Å². The minimum atomic E-state index is 0.273. The molecule has 28 heavy (non-hydrogen) atoms. The third-order valence-electron chi connectivity index (χ3n) is 4.83. The number of methoxy groups -OCH3 is 1. The molecular weight excluding hydrogens is 354 g/mol. The van der Waals surface area contributed by atoms with Crippen LogP contribution >= 0.6 is 0 Å². The van der Waals surface area contributed by atoms with Gasteiger partial charge in [-0.1, -0.05) is 29.8 Å². The van der Waals surface area contributed by atoms with Crippen molar-refractivity contribution in [1.82, 2.24) is 9.55 Å². The van der Waals surface area contributed by atoms with E-state index in [9.17, 15) is 0 Å². The lowest BCUT2D eigenvalue weighted by molar-refractivity contribution is 0.174. The van der Waals surface area contributed by atoms with E-state index in [-0.39, 0.29) is 6.79 Å². The Kier molecular flexibility index (Phi) is 5.48. The highest BCUT2D eigenvalue weighted by molar-refractivity contribution is 5.66. The topological polar surface area (TPSA) is 57.5 Å². The number of hydrogen-bond acceptors (Lipinski definition) is 5. The maximum Gasteiger partial charge on any atom is 0.231 e. The van der Waals surface area contributed by atoms with Gasteiger partial charge in [0.2, 0.25) is 12.7 Å². The number of rotatable bonds is 8. The van der Waals surface area contributed by atoms with Gasteiger partial charge in [0, 0.05) is 32.4 Å². The molecular formula is C22H25N3O3. The van der Waals surface area contributed by atoms with E-state index in [0.29, 0.717) is 6.61 Å². The lowest BCUT2D eigenvalue weighted by Crippen LogP contribution is -2.10. The van der Waals surface area contributed by atoms with Crippen molar-refractivity contribution in [2.45, 2.75) is 26.4 Å². The normalized spacial score (nSPS) is 12.4. The standard InChI is InChI=1S/C22H25N3O3/c1-16-4-6-17(7-5-16)13-23-22-24-14-19(25(22)10-3-11-26-2)18-8-9-20-21(12-18)28-15-27-20/h4-9,12,14H,3,10-11,13,15H2,1-2H3,(H,23,24). The Bertz CT molecular complexity index is 935. The van der Waals surface area contributed by atoms with E-state index < -0.39 is 0 Å². The molecule has 2 heterocycles. The summed E-state index contributed by atoms with van der Waals surface area (Å²) in [5, 5.41) is 3.47. The Morgan fingerprint density at radius 2 is 1.93 bits per heavy atom. The van der Waals surface area contributed by atoms with Crippen molar-refractivity contribution < 1.29 is 14.2 Å². The van der Waals surface area contributed by atoms with Crippen molar-refractivity contribution in [2.75, 3.05) is 25.8 Å². The van der Waals surface area contributed by atoms with Gasteiger partial charge in [-0.2, -0.15) is 0 Å². The van der Waals surface area contributed by atoms with Crippen LogP contribution in [0.15, 0.2) is 48.7 Å². The van der Waals surface area contributed by atoms with Crippen molar-refractivity contribution in [3.8, 4) is 22.8 Å². The molecule has 146 valence electrons. The maximum atomic E-state index is 5.53. The fourth-order valence-electron chi connectivity index (χ4n) is 3.28. The maximum absolute atomic E-state index is 5.53. The predicted molar refractivity (Wildman–Crippen MR) is 109 cm³/mol. The summed E-state index contributed by atoms with van der Waals surface area (Å²) in [7, 11) is 1.73. The lowest BCUT2D eigenvalue weighted by Gasteiger charge is -2.14. The van der Waals surface area contributed by atoms with E-state index in [1.807, 2.05) is 24.4 Å². The first-order valence-electron chi connectivity index (χ1n) is 9.48. The summed E-state index contributed by atoms with van der Waals surface area (Å²) in [6, 6.07) is 14.5. The zero-order chi connectivity index (χ0) is 19.3. The summed E-state index contributed by atoms with van der Waals surface area (Å²) in [5.74, 6) is 2.41. The molecule has 0 aliphatic carbocycles. The molecule has 2 aromatic carbocycles. The van der Waals surface area contributed by atoms with Crippen LogP contribution in [0.5, 0.6) is 11.5 Å². The molecule has 1 aromatic heterocycles. The Hall–Kier alpha value is -2.99. The number of benzene rings is 2. The summed E-state index contributed by atoms with van der Waals surface area (Å²) < 4.78 is 18.4. The Morgan fingerprint density at radius 3 is 2.75 bits per heavy atom. The first-order valence-corrected chi connectivity index (χ1v) is 9.48. The largest absolute Gasteiger partial charge is 0.454 e. The molecule has 0 radical (unpaired) electrons. The zero-order valence-electron chi connectivity index (χ0n) is 16.3. The van der Waals surface area contributed by atoms with Crippen molar-refractivity contribution in [2.24, 2.45) is 0 Å². The fourth-order valence-corrected chi connectivity index (χ4v) is 3.28. The quantitative estimate of drug-likeness (QED) is 0.594. The summed E-state index contributed by atoms with van der Waals surface area (Å²) in [4.78, 5) is 4.64. The molecule has 1 aliphatic heterocycles. The van der Waals surface area contributed by atoms with Gasteiger partial charge in [0.25, 0.3) is 0 Å². The van der Waals surface area contributed by atoms with Gasteiger partial charge < -0.3 is 24.1 Å². The second kappa shape index (κ2) is 8.35. The van der Waals surface area contributed by atoms with Gasteiger partial charge in [-0.05, 0) is 37.1 Å². The number of nitrogens with zero attached hydrogens (tertiary/aromatic N) is 2. The predicted octanol–water partition coefficient (Wildman–Crippen LogP) is 4.24. The van der Waals surface area contributed by atoms with E-state index in [1.165, 1.54) is 11.1 Å². The van der Waals surface area contributed by atoms with Crippen LogP contribution in [0.25, 0.3) is 11.3 Å².